The number of nitrogens with one attached hydrogen (secondary N) is 1. The molecule has 0 aromatic heterocycles. The van der Waals surface area contributed by atoms with E-state index in [2.05, 4.69) is 22.7 Å². The number of esters is 1. The maximum atomic E-state index is 11.1. The number of thiol groups is 1. The lowest BCUT2D eigenvalue weighted by molar-refractivity contribution is -0.148. The minimum Gasteiger partial charge on any atom is -0.467 e. The van der Waals surface area contributed by atoms with Crippen LogP contribution in [0, 0.1) is 0 Å². The maximum absolute atomic E-state index is 11.1. The molecule has 0 aliphatic rings. The molecule has 0 aliphatic heterocycles. The van der Waals surface area contributed by atoms with E-state index in [1.54, 1.807) is 6.92 Å². The summed E-state index contributed by atoms with van der Waals surface area (Å²) in [4.78, 5) is 21.8. The van der Waals surface area contributed by atoms with Crippen LogP contribution in [0.25, 0.3) is 0 Å². The Kier molecular flexibility index (Phi) is 4.09. The molecule has 0 spiro atoms. The maximum Gasteiger partial charge on any atom is 0.332 e. The molecule has 0 unspecified atom stereocenters. The Hall–Kier alpha value is -0.710. The SMILES string of the molecule is COC(=O)[C@@](C)(CS)NC(C)=O. The molecular weight excluding hydrogens is 178 g/mol. The summed E-state index contributed by atoms with van der Waals surface area (Å²) in [6.45, 7) is 2.90. The quantitative estimate of drug-likeness (QED) is 0.487. The average molecular weight is 191 g/mol. The van der Waals surface area contributed by atoms with E-state index in [1.165, 1.54) is 14.0 Å². The van der Waals surface area contributed by atoms with Crippen molar-refractivity contribution in [1.29, 1.82) is 0 Å². The van der Waals surface area contributed by atoms with Crippen LogP contribution in [0.5, 0.6) is 0 Å². The summed E-state index contributed by atoms with van der Waals surface area (Å²) in [5, 5.41) is 2.47. The van der Waals surface area contributed by atoms with Crippen molar-refractivity contribution in [1.82, 2.24) is 5.32 Å². The van der Waals surface area contributed by atoms with Gasteiger partial charge in [-0.05, 0) is 6.92 Å². The van der Waals surface area contributed by atoms with Crippen LogP contribution < -0.4 is 5.32 Å². The van der Waals surface area contributed by atoms with Gasteiger partial charge >= 0.3 is 5.97 Å². The first-order valence-corrected chi connectivity index (χ1v) is 4.07. The molecule has 1 atom stereocenters. The summed E-state index contributed by atoms with van der Waals surface area (Å²) < 4.78 is 4.50. The molecule has 5 heteroatoms. The molecule has 0 bridgehead atoms. The Bertz CT molecular complexity index is 195. The first-order valence-electron chi connectivity index (χ1n) is 3.44. The van der Waals surface area contributed by atoms with Crippen LogP contribution in [0.4, 0.5) is 0 Å². The van der Waals surface area contributed by atoms with Crippen LogP contribution in [0.1, 0.15) is 13.8 Å². The number of amides is 1. The largest absolute Gasteiger partial charge is 0.467 e. The summed E-state index contributed by atoms with van der Waals surface area (Å²) in [7, 11) is 1.27. The van der Waals surface area contributed by atoms with E-state index in [4.69, 9.17) is 0 Å². The number of rotatable bonds is 3. The van der Waals surface area contributed by atoms with Gasteiger partial charge in [0, 0.05) is 12.7 Å². The van der Waals surface area contributed by atoms with Crippen molar-refractivity contribution in [2.24, 2.45) is 0 Å². The van der Waals surface area contributed by atoms with Crippen molar-refractivity contribution in [3.8, 4) is 0 Å². The Morgan fingerprint density at radius 1 is 1.58 bits per heavy atom. The van der Waals surface area contributed by atoms with Gasteiger partial charge in [-0.1, -0.05) is 0 Å². The molecule has 70 valence electrons. The highest BCUT2D eigenvalue weighted by Crippen LogP contribution is 2.07. The second-order valence-corrected chi connectivity index (χ2v) is 2.98. The molecule has 0 fully saturated rings. The molecule has 0 heterocycles. The third-order valence-corrected chi connectivity index (χ3v) is 2.04. The molecule has 0 aromatic rings. The lowest BCUT2D eigenvalue weighted by Crippen LogP contribution is -2.53. The highest BCUT2D eigenvalue weighted by atomic mass is 32.1. The van der Waals surface area contributed by atoms with Crippen LogP contribution in [0.15, 0.2) is 0 Å². The van der Waals surface area contributed by atoms with Gasteiger partial charge in [-0.2, -0.15) is 12.6 Å². The number of hydrogen-bond donors (Lipinski definition) is 2. The zero-order valence-electron chi connectivity index (χ0n) is 7.38. The lowest BCUT2D eigenvalue weighted by atomic mass is 10.1. The van der Waals surface area contributed by atoms with Crippen LogP contribution in [-0.4, -0.2) is 30.3 Å². The lowest BCUT2D eigenvalue weighted by Gasteiger charge is -2.24. The molecule has 4 nitrogen and oxygen atoms in total. The molecule has 12 heavy (non-hydrogen) atoms. The highest BCUT2D eigenvalue weighted by molar-refractivity contribution is 7.80. The van der Waals surface area contributed by atoms with Gasteiger partial charge in [-0.3, -0.25) is 4.79 Å². The van der Waals surface area contributed by atoms with E-state index >= 15 is 0 Å². The van der Waals surface area contributed by atoms with Crippen molar-refractivity contribution in [2.75, 3.05) is 12.9 Å². The first-order chi connectivity index (χ1) is 5.46. The number of methoxy groups -OCH3 is 1. The van der Waals surface area contributed by atoms with Crippen LogP contribution >= 0.6 is 12.6 Å². The predicted molar refractivity (Wildman–Crippen MR) is 48.1 cm³/mol. The standard InChI is InChI=1S/C7H13NO3S/c1-5(9)8-7(2,4-12)6(10)11-3/h12H,4H2,1-3H3,(H,8,9)/t7-/m1/s1. The fraction of sp³-hybridized carbons (Fsp3) is 0.714. The van der Waals surface area contributed by atoms with Crippen LogP contribution in [0.2, 0.25) is 0 Å². The van der Waals surface area contributed by atoms with E-state index in [-0.39, 0.29) is 11.7 Å². The zero-order valence-corrected chi connectivity index (χ0v) is 8.27. The molecule has 1 N–H and O–H groups in total. The number of carbonyl (C=O) groups is 2. The third kappa shape index (κ3) is 2.73. The van der Waals surface area contributed by atoms with Gasteiger partial charge in [-0.25, -0.2) is 4.79 Å². The van der Waals surface area contributed by atoms with Gasteiger partial charge in [0.15, 0.2) is 0 Å². The summed E-state index contributed by atoms with van der Waals surface area (Å²) in [6, 6.07) is 0. The van der Waals surface area contributed by atoms with Gasteiger partial charge in [0.05, 0.1) is 7.11 Å². The van der Waals surface area contributed by atoms with Gasteiger partial charge in [0.25, 0.3) is 0 Å². The van der Waals surface area contributed by atoms with Crippen molar-refractivity contribution in [3.63, 3.8) is 0 Å². The molecular formula is C7H13NO3S. The number of hydrogen-bond acceptors (Lipinski definition) is 4. The van der Waals surface area contributed by atoms with Gasteiger partial charge in [0.2, 0.25) is 5.91 Å². The van der Waals surface area contributed by atoms with Gasteiger partial charge in [-0.15, -0.1) is 0 Å². The molecule has 0 saturated heterocycles. The topological polar surface area (TPSA) is 55.4 Å². The van der Waals surface area contributed by atoms with Crippen molar-refractivity contribution >= 4 is 24.5 Å². The molecule has 0 saturated carbocycles. The molecule has 0 aromatic carbocycles. The van der Waals surface area contributed by atoms with Gasteiger partial charge in [0.1, 0.15) is 5.54 Å². The number of ether oxygens (including phenoxy) is 1. The van der Waals surface area contributed by atoms with E-state index in [9.17, 15) is 9.59 Å². The van der Waals surface area contributed by atoms with Crippen molar-refractivity contribution in [3.05, 3.63) is 0 Å². The fourth-order valence-electron chi connectivity index (χ4n) is 0.769. The minimum atomic E-state index is -1.02. The minimum absolute atomic E-state index is 0.208. The molecule has 0 radical (unpaired) electrons. The first kappa shape index (κ1) is 11.3. The Labute approximate surface area is 77.1 Å². The molecule has 0 aliphatic carbocycles. The van der Waals surface area contributed by atoms with Crippen LogP contribution in [-0.2, 0) is 14.3 Å². The zero-order chi connectivity index (χ0) is 9.78. The summed E-state index contributed by atoms with van der Waals surface area (Å²) in [6.07, 6.45) is 0. The molecule has 1 amide bonds. The summed E-state index contributed by atoms with van der Waals surface area (Å²) in [5.41, 5.74) is -1.02. The fourth-order valence-corrected chi connectivity index (χ4v) is 0.977. The second kappa shape index (κ2) is 4.35. The predicted octanol–water partition coefficient (Wildman–Crippen LogP) is -0.0160. The van der Waals surface area contributed by atoms with Gasteiger partial charge < -0.3 is 10.1 Å². The van der Waals surface area contributed by atoms with Crippen LogP contribution in [0.3, 0.4) is 0 Å². The second-order valence-electron chi connectivity index (χ2n) is 2.66. The third-order valence-electron chi connectivity index (χ3n) is 1.40. The van der Waals surface area contributed by atoms with Crippen molar-refractivity contribution in [2.45, 2.75) is 19.4 Å². The van der Waals surface area contributed by atoms with Crippen molar-refractivity contribution < 1.29 is 14.3 Å². The monoisotopic (exact) mass is 191 g/mol. The Morgan fingerprint density at radius 2 is 2.08 bits per heavy atom. The highest BCUT2D eigenvalue weighted by Gasteiger charge is 2.33. The number of carbonyl (C=O) groups excluding carboxylic acids is 2. The van der Waals surface area contributed by atoms with E-state index in [0.717, 1.165) is 0 Å². The summed E-state index contributed by atoms with van der Waals surface area (Å²) >= 11 is 3.95. The Morgan fingerprint density at radius 3 is 2.33 bits per heavy atom. The van der Waals surface area contributed by atoms with E-state index < -0.39 is 11.5 Å². The van der Waals surface area contributed by atoms with E-state index in [1.807, 2.05) is 0 Å². The normalized spacial score (nSPS) is 14.7. The summed E-state index contributed by atoms with van der Waals surface area (Å²) in [5.74, 6) is -0.566. The average Bonchev–Trinajstić information content (AvgIpc) is 2.01. The smallest absolute Gasteiger partial charge is 0.332 e. The Balaban J connectivity index is 4.44. The molecule has 0 rings (SSSR count). The van der Waals surface area contributed by atoms with E-state index in [0.29, 0.717) is 0 Å².